The van der Waals surface area contributed by atoms with Gasteiger partial charge in [0.05, 0.1) is 10.6 Å². The minimum atomic E-state index is -3.52. The number of rotatable bonds is 7. The van der Waals surface area contributed by atoms with Gasteiger partial charge in [0, 0.05) is 25.2 Å². The van der Waals surface area contributed by atoms with Crippen molar-refractivity contribution in [2.45, 2.75) is 43.7 Å². The van der Waals surface area contributed by atoms with Gasteiger partial charge >= 0.3 is 0 Å². The first-order chi connectivity index (χ1) is 13.8. The molecule has 1 aromatic carbocycles. The van der Waals surface area contributed by atoms with Crippen LogP contribution in [-0.4, -0.2) is 52.7 Å². The number of piperidine rings is 1. The quantitative estimate of drug-likeness (QED) is 0.645. The molecule has 3 rings (SSSR count). The van der Waals surface area contributed by atoms with Crippen molar-refractivity contribution in [3.8, 4) is 0 Å². The van der Waals surface area contributed by atoms with Crippen LogP contribution in [-0.2, 0) is 21.2 Å². The van der Waals surface area contributed by atoms with E-state index in [1.54, 1.807) is 28.6 Å². The van der Waals surface area contributed by atoms with Crippen molar-refractivity contribution in [2.75, 3.05) is 24.2 Å². The predicted octanol–water partition coefficient (Wildman–Crippen LogP) is 2.76. The minimum absolute atomic E-state index is 0.171. The molecule has 1 amide bonds. The second-order valence-corrected chi connectivity index (χ2v) is 10.4. The first kappa shape index (κ1) is 21.8. The molecule has 1 saturated heterocycles. The van der Waals surface area contributed by atoms with Crippen molar-refractivity contribution in [1.82, 2.24) is 19.5 Å². The van der Waals surface area contributed by atoms with Crippen LogP contribution in [0.15, 0.2) is 34.3 Å². The van der Waals surface area contributed by atoms with Crippen LogP contribution >= 0.6 is 11.8 Å². The van der Waals surface area contributed by atoms with Crippen molar-refractivity contribution < 1.29 is 13.2 Å². The number of hydrogen-bond acceptors (Lipinski definition) is 6. The van der Waals surface area contributed by atoms with E-state index in [0.717, 1.165) is 18.7 Å². The number of thioether (sulfide) groups is 1. The number of hydrogen-bond donors (Lipinski definition) is 2. The van der Waals surface area contributed by atoms with Crippen LogP contribution in [0.3, 0.4) is 0 Å². The summed E-state index contributed by atoms with van der Waals surface area (Å²) in [5.41, 5.74) is 0.555. The standard InChI is InChI=1S/C19H27N5O3S2/c1-4-17-21-19(23-22-17)28-12-18(25)20-15-5-7-16(8-6-15)29(26,27)24-10-13(2)9-14(3)11-24/h5-8,13-14H,4,9-12H2,1-3H3,(H,20,25)(H,21,22,23)/t13-,14-/m1/s1. The van der Waals surface area contributed by atoms with Crippen LogP contribution in [0.4, 0.5) is 5.69 Å². The zero-order valence-electron chi connectivity index (χ0n) is 16.9. The molecule has 0 saturated carbocycles. The van der Waals surface area contributed by atoms with Gasteiger partial charge in [-0.2, -0.15) is 4.31 Å². The molecule has 0 bridgehead atoms. The molecule has 2 N–H and O–H groups in total. The Morgan fingerprint density at radius 2 is 1.90 bits per heavy atom. The van der Waals surface area contributed by atoms with E-state index < -0.39 is 10.0 Å². The highest BCUT2D eigenvalue weighted by Gasteiger charge is 2.31. The van der Waals surface area contributed by atoms with Gasteiger partial charge in [0.1, 0.15) is 5.82 Å². The first-order valence-electron chi connectivity index (χ1n) is 9.72. The van der Waals surface area contributed by atoms with Crippen LogP contribution in [0.2, 0.25) is 0 Å². The number of carbonyl (C=O) groups excluding carboxylic acids is 1. The van der Waals surface area contributed by atoms with E-state index >= 15 is 0 Å². The lowest BCUT2D eigenvalue weighted by Gasteiger charge is -2.34. The Balaban J connectivity index is 1.58. The third-order valence-corrected chi connectivity index (χ3v) is 7.48. The molecule has 2 aromatic rings. The third-order valence-electron chi connectivity index (χ3n) is 4.79. The SMILES string of the molecule is CCc1nc(SCC(=O)Nc2ccc(S(=O)(=O)N3C[C@H](C)C[C@@H](C)C3)cc2)n[nH]1. The largest absolute Gasteiger partial charge is 0.325 e. The van der Waals surface area contributed by atoms with Gasteiger partial charge in [-0.3, -0.25) is 9.89 Å². The van der Waals surface area contributed by atoms with E-state index in [4.69, 9.17) is 0 Å². The maximum atomic E-state index is 12.9. The average molecular weight is 438 g/mol. The number of anilines is 1. The highest BCUT2D eigenvalue weighted by molar-refractivity contribution is 7.99. The fourth-order valence-corrected chi connectivity index (χ4v) is 5.79. The lowest BCUT2D eigenvalue weighted by atomic mass is 9.94. The Labute approximate surface area is 175 Å². The maximum absolute atomic E-state index is 12.9. The normalized spacial score (nSPS) is 20.5. The van der Waals surface area contributed by atoms with Gasteiger partial charge in [0.15, 0.2) is 0 Å². The molecule has 1 aromatic heterocycles. The number of H-pyrrole nitrogens is 1. The van der Waals surface area contributed by atoms with Gasteiger partial charge in [-0.15, -0.1) is 5.10 Å². The molecular weight excluding hydrogens is 410 g/mol. The minimum Gasteiger partial charge on any atom is -0.325 e. The third kappa shape index (κ3) is 5.58. The number of amides is 1. The summed E-state index contributed by atoms with van der Waals surface area (Å²) in [6, 6.07) is 6.33. The lowest BCUT2D eigenvalue weighted by molar-refractivity contribution is -0.113. The summed E-state index contributed by atoms with van der Waals surface area (Å²) in [5, 5.41) is 10.1. The molecule has 8 nitrogen and oxygen atoms in total. The summed E-state index contributed by atoms with van der Waals surface area (Å²) >= 11 is 1.24. The summed E-state index contributed by atoms with van der Waals surface area (Å²) in [4.78, 5) is 16.6. The Hall–Kier alpha value is -1.91. The van der Waals surface area contributed by atoms with E-state index in [1.807, 2.05) is 6.92 Å². The smallest absolute Gasteiger partial charge is 0.243 e. The Bertz CT molecular complexity index is 933. The predicted molar refractivity (Wildman–Crippen MR) is 113 cm³/mol. The number of benzene rings is 1. The Morgan fingerprint density at radius 3 is 2.48 bits per heavy atom. The molecule has 158 valence electrons. The number of nitrogens with zero attached hydrogens (tertiary/aromatic N) is 3. The number of carbonyl (C=O) groups is 1. The van der Waals surface area contributed by atoms with Crippen LogP contribution in [0.1, 0.15) is 33.0 Å². The van der Waals surface area contributed by atoms with Crippen molar-refractivity contribution in [2.24, 2.45) is 11.8 Å². The second kappa shape index (κ2) is 9.27. The molecular formula is C19H27N5O3S2. The van der Waals surface area contributed by atoms with Gasteiger partial charge in [0.2, 0.25) is 21.1 Å². The van der Waals surface area contributed by atoms with Gasteiger partial charge in [-0.25, -0.2) is 13.4 Å². The van der Waals surface area contributed by atoms with Crippen molar-refractivity contribution in [3.05, 3.63) is 30.1 Å². The number of aromatic amines is 1. The van der Waals surface area contributed by atoms with Crippen molar-refractivity contribution in [3.63, 3.8) is 0 Å². The molecule has 0 aliphatic carbocycles. The fourth-order valence-electron chi connectivity index (χ4n) is 3.49. The van der Waals surface area contributed by atoms with Crippen molar-refractivity contribution in [1.29, 1.82) is 0 Å². The van der Waals surface area contributed by atoms with Crippen LogP contribution < -0.4 is 5.32 Å². The number of aromatic nitrogens is 3. The van der Waals surface area contributed by atoms with Gasteiger partial charge in [0.25, 0.3) is 0 Å². The maximum Gasteiger partial charge on any atom is 0.243 e. The van der Waals surface area contributed by atoms with Crippen LogP contribution in [0.25, 0.3) is 0 Å². The zero-order valence-corrected chi connectivity index (χ0v) is 18.5. The molecule has 2 atom stereocenters. The van der Waals surface area contributed by atoms with Crippen LogP contribution in [0.5, 0.6) is 0 Å². The molecule has 29 heavy (non-hydrogen) atoms. The van der Waals surface area contributed by atoms with E-state index in [9.17, 15) is 13.2 Å². The van der Waals surface area contributed by atoms with Gasteiger partial charge < -0.3 is 5.32 Å². The molecule has 0 unspecified atom stereocenters. The van der Waals surface area contributed by atoms with E-state index in [-0.39, 0.29) is 16.6 Å². The Kier molecular flexibility index (Phi) is 6.97. The van der Waals surface area contributed by atoms with E-state index in [2.05, 4.69) is 34.3 Å². The topological polar surface area (TPSA) is 108 Å². The number of aryl methyl sites for hydroxylation is 1. The summed E-state index contributed by atoms with van der Waals surface area (Å²) in [7, 11) is -3.52. The first-order valence-corrected chi connectivity index (χ1v) is 12.1. The second-order valence-electron chi connectivity index (χ2n) is 7.55. The van der Waals surface area contributed by atoms with E-state index in [1.165, 1.54) is 11.8 Å². The molecule has 1 aliphatic heterocycles. The summed E-state index contributed by atoms with van der Waals surface area (Å²) < 4.78 is 27.4. The number of sulfonamides is 1. The van der Waals surface area contributed by atoms with Gasteiger partial charge in [-0.05, 0) is 42.5 Å². The molecule has 0 spiro atoms. The molecule has 1 fully saturated rings. The zero-order chi connectivity index (χ0) is 21.0. The van der Waals surface area contributed by atoms with Gasteiger partial charge in [-0.1, -0.05) is 32.5 Å². The Morgan fingerprint density at radius 1 is 1.24 bits per heavy atom. The molecule has 0 radical (unpaired) electrons. The molecule has 2 heterocycles. The fraction of sp³-hybridized carbons (Fsp3) is 0.526. The van der Waals surface area contributed by atoms with Crippen LogP contribution in [0, 0.1) is 11.8 Å². The van der Waals surface area contributed by atoms with Crippen molar-refractivity contribution >= 4 is 33.4 Å². The summed E-state index contributed by atoms with van der Waals surface area (Å²) in [5.74, 6) is 1.45. The van der Waals surface area contributed by atoms with E-state index in [0.29, 0.717) is 35.8 Å². The highest BCUT2D eigenvalue weighted by atomic mass is 32.2. The lowest BCUT2D eigenvalue weighted by Crippen LogP contribution is -2.42. The number of nitrogens with one attached hydrogen (secondary N) is 2. The summed E-state index contributed by atoms with van der Waals surface area (Å²) in [6.45, 7) is 7.22. The summed E-state index contributed by atoms with van der Waals surface area (Å²) in [6.07, 6.45) is 1.80. The highest BCUT2D eigenvalue weighted by Crippen LogP contribution is 2.27. The average Bonchev–Trinajstić information content (AvgIpc) is 3.14. The monoisotopic (exact) mass is 437 g/mol. The molecule has 1 aliphatic rings. The molecule has 10 heteroatoms.